The number of aryl methyl sites for hydroxylation is 1. The van der Waals surface area contributed by atoms with Crippen LogP contribution >= 0.6 is 11.3 Å². The molecule has 1 aromatic carbocycles. The number of carbonyl (C=O) groups is 1. The SMILES string of the molecule is CCn1nc(C(=O)Nc2nnc(C3CCCCC3)s2)c2ccccc2c1=O. The van der Waals surface area contributed by atoms with E-state index in [1.807, 2.05) is 6.92 Å². The van der Waals surface area contributed by atoms with Crippen molar-refractivity contribution in [1.82, 2.24) is 20.0 Å². The number of carbonyl (C=O) groups excluding carboxylic acids is 1. The number of fused-ring (bicyclic) bond motifs is 1. The summed E-state index contributed by atoms with van der Waals surface area (Å²) >= 11 is 1.43. The Kier molecular flexibility index (Phi) is 4.98. The second kappa shape index (κ2) is 7.56. The number of nitrogens with one attached hydrogen (secondary N) is 1. The van der Waals surface area contributed by atoms with Crippen LogP contribution in [0.3, 0.4) is 0 Å². The van der Waals surface area contributed by atoms with Crippen LogP contribution in [0.4, 0.5) is 5.13 Å². The van der Waals surface area contributed by atoms with E-state index in [4.69, 9.17) is 0 Å². The summed E-state index contributed by atoms with van der Waals surface area (Å²) in [6.07, 6.45) is 6.00. The van der Waals surface area contributed by atoms with Gasteiger partial charge in [-0.3, -0.25) is 14.9 Å². The molecule has 4 rings (SSSR count). The molecule has 0 atom stereocenters. The second-order valence-corrected chi connectivity index (χ2v) is 7.76. The van der Waals surface area contributed by atoms with Crippen molar-refractivity contribution in [2.24, 2.45) is 0 Å². The number of amides is 1. The molecule has 2 heterocycles. The average Bonchev–Trinajstić information content (AvgIpc) is 3.17. The Labute approximate surface area is 160 Å². The third-order valence-electron chi connectivity index (χ3n) is 5.00. The molecule has 1 aliphatic carbocycles. The Balaban J connectivity index is 1.63. The minimum atomic E-state index is -0.375. The van der Waals surface area contributed by atoms with E-state index in [0.717, 1.165) is 17.8 Å². The fourth-order valence-electron chi connectivity index (χ4n) is 3.57. The summed E-state index contributed by atoms with van der Waals surface area (Å²) in [5.41, 5.74) is 0.0293. The number of rotatable bonds is 4. The van der Waals surface area contributed by atoms with Crippen LogP contribution in [0.2, 0.25) is 0 Å². The van der Waals surface area contributed by atoms with Gasteiger partial charge in [0.05, 0.1) is 5.39 Å². The van der Waals surface area contributed by atoms with Gasteiger partial charge >= 0.3 is 0 Å². The Morgan fingerprint density at radius 2 is 1.93 bits per heavy atom. The Morgan fingerprint density at radius 3 is 2.67 bits per heavy atom. The molecule has 3 aromatic rings. The summed E-state index contributed by atoms with van der Waals surface area (Å²) in [5.74, 6) is 0.0718. The van der Waals surface area contributed by atoms with Gasteiger partial charge in [-0.05, 0) is 25.8 Å². The van der Waals surface area contributed by atoms with E-state index in [9.17, 15) is 9.59 Å². The van der Waals surface area contributed by atoms with E-state index < -0.39 is 0 Å². The van der Waals surface area contributed by atoms with Crippen LogP contribution in [0.5, 0.6) is 0 Å². The van der Waals surface area contributed by atoms with Crippen molar-refractivity contribution in [2.75, 3.05) is 5.32 Å². The van der Waals surface area contributed by atoms with Crippen LogP contribution in [-0.4, -0.2) is 25.9 Å². The molecule has 1 fully saturated rings. The Hall–Kier alpha value is -2.61. The number of hydrogen-bond acceptors (Lipinski definition) is 6. The molecule has 0 spiro atoms. The van der Waals surface area contributed by atoms with Gasteiger partial charge in [0.1, 0.15) is 5.01 Å². The lowest BCUT2D eigenvalue weighted by atomic mass is 9.90. The largest absolute Gasteiger partial charge is 0.295 e. The number of nitrogens with zero attached hydrogens (tertiary/aromatic N) is 4. The van der Waals surface area contributed by atoms with Crippen LogP contribution in [0.25, 0.3) is 10.8 Å². The van der Waals surface area contributed by atoms with Crippen molar-refractivity contribution in [1.29, 1.82) is 0 Å². The molecule has 0 bridgehead atoms. The summed E-state index contributed by atoms with van der Waals surface area (Å²) in [7, 11) is 0. The monoisotopic (exact) mass is 383 g/mol. The van der Waals surface area contributed by atoms with E-state index in [1.165, 1.54) is 35.3 Å². The first-order chi connectivity index (χ1) is 13.2. The molecule has 7 nitrogen and oxygen atoms in total. The van der Waals surface area contributed by atoms with Crippen LogP contribution in [0.1, 0.15) is 60.4 Å². The fourth-order valence-corrected chi connectivity index (χ4v) is 4.48. The molecular formula is C19H21N5O2S. The first-order valence-electron chi connectivity index (χ1n) is 9.32. The summed E-state index contributed by atoms with van der Waals surface area (Å²) in [6.45, 7) is 2.22. The predicted molar refractivity (Wildman–Crippen MR) is 105 cm³/mol. The zero-order valence-electron chi connectivity index (χ0n) is 15.1. The predicted octanol–water partition coefficient (Wildman–Crippen LogP) is 3.57. The first kappa shape index (κ1) is 17.8. The molecule has 8 heteroatoms. The van der Waals surface area contributed by atoms with Crippen molar-refractivity contribution in [2.45, 2.75) is 51.5 Å². The van der Waals surface area contributed by atoms with Gasteiger partial charge in [-0.1, -0.05) is 48.8 Å². The minimum absolute atomic E-state index is 0.194. The van der Waals surface area contributed by atoms with Gasteiger partial charge < -0.3 is 0 Å². The molecule has 0 unspecified atom stereocenters. The van der Waals surface area contributed by atoms with Crippen molar-refractivity contribution in [3.63, 3.8) is 0 Å². The standard InChI is InChI=1S/C19H21N5O2S/c1-2-24-18(26)14-11-7-6-10-13(14)15(23-24)16(25)20-19-22-21-17(27-19)12-8-4-3-5-9-12/h6-7,10-12H,2-5,8-9H2,1H3,(H,20,22,25). The zero-order chi connectivity index (χ0) is 18.8. The van der Waals surface area contributed by atoms with Crippen LogP contribution in [0.15, 0.2) is 29.1 Å². The van der Waals surface area contributed by atoms with Gasteiger partial charge in [-0.25, -0.2) is 4.68 Å². The van der Waals surface area contributed by atoms with Crippen molar-refractivity contribution < 1.29 is 4.79 Å². The van der Waals surface area contributed by atoms with Gasteiger partial charge in [-0.2, -0.15) is 5.10 Å². The molecule has 1 saturated carbocycles. The van der Waals surface area contributed by atoms with E-state index in [1.54, 1.807) is 24.3 Å². The number of anilines is 1. The van der Waals surface area contributed by atoms with Gasteiger partial charge in [0.15, 0.2) is 5.69 Å². The number of benzene rings is 1. The van der Waals surface area contributed by atoms with Gasteiger partial charge in [-0.15, -0.1) is 10.2 Å². The summed E-state index contributed by atoms with van der Waals surface area (Å²) in [5, 5.41) is 18.0. The fraction of sp³-hybridized carbons (Fsp3) is 0.421. The number of aromatic nitrogens is 4. The van der Waals surface area contributed by atoms with Gasteiger partial charge in [0.25, 0.3) is 11.5 Å². The molecule has 140 valence electrons. The van der Waals surface area contributed by atoms with Crippen molar-refractivity contribution in [3.8, 4) is 0 Å². The number of hydrogen-bond donors (Lipinski definition) is 1. The molecule has 1 N–H and O–H groups in total. The second-order valence-electron chi connectivity index (χ2n) is 6.75. The third kappa shape index (κ3) is 3.49. The molecule has 1 aliphatic rings. The molecule has 27 heavy (non-hydrogen) atoms. The van der Waals surface area contributed by atoms with Crippen LogP contribution in [-0.2, 0) is 6.54 Å². The third-order valence-corrected chi connectivity index (χ3v) is 6.00. The summed E-state index contributed by atoms with van der Waals surface area (Å²) in [4.78, 5) is 25.3. The van der Waals surface area contributed by atoms with Gasteiger partial charge in [0, 0.05) is 17.8 Å². The lowest BCUT2D eigenvalue weighted by molar-refractivity contribution is 0.102. The van der Waals surface area contributed by atoms with Crippen LogP contribution in [0, 0.1) is 0 Å². The highest BCUT2D eigenvalue weighted by atomic mass is 32.1. The Morgan fingerprint density at radius 1 is 1.19 bits per heavy atom. The highest BCUT2D eigenvalue weighted by molar-refractivity contribution is 7.15. The molecule has 0 aliphatic heterocycles. The average molecular weight is 383 g/mol. The lowest BCUT2D eigenvalue weighted by Gasteiger charge is -2.18. The molecular weight excluding hydrogens is 362 g/mol. The molecule has 0 radical (unpaired) electrons. The van der Waals surface area contributed by atoms with Gasteiger partial charge in [0.2, 0.25) is 5.13 Å². The maximum absolute atomic E-state index is 12.8. The maximum atomic E-state index is 12.8. The molecule has 0 saturated heterocycles. The first-order valence-corrected chi connectivity index (χ1v) is 10.1. The minimum Gasteiger partial charge on any atom is -0.295 e. The Bertz CT molecular complexity index is 1040. The van der Waals surface area contributed by atoms with Crippen molar-refractivity contribution in [3.05, 3.63) is 45.3 Å². The highest BCUT2D eigenvalue weighted by Gasteiger charge is 2.22. The summed E-state index contributed by atoms with van der Waals surface area (Å²) < 4.78 is 1.31. The topological polar surface area (TPSA) is 89.8 Å². The van der Waals surface area contributed by atoms with E-state index in [-0.39, 0.29) is 17.2 Å². The highest BCUT2D eigenvalue weighted by Crippen LogP contribution is 2.35. The lowest BCUT2D eigenvalue weighted by Crippen LogP contribution is -2.27. The van der Waals surface area contributed by atoms with E-state index in [0.29, 0.717) is 28.4 Å². The normalized spacial score (nSPS) is 15.1. The zero-order valence-corrected chi connectivity index (χ0v) is 16.0. The molecule has 2 aromatic heterocycles. The maximum Gasteiger partial charge on any atom is 0.278 e. The summed E-state index contributed by atoms with van der Waals surface area (Å²) in [6, 6.07) is 7.04. The molecule has 1 amide bonds. The van der Waals surface area contributed by atoms with Crippen LogP contribution < -0.4 is 10.9 Å². The van der Waals surface area contributed by atoms with E-state index in [2.05, 4.69) is 20.6 Å². The quantitative estimate of drug-likeness (QED) is 0.744. The van der Waals surface area contributed by atoms with E-state index >= 15 is 0 Å². The smallest absolute Gasteiger partial charge is 0.278 e. The van der Waals surface area contributed by atoms with Crippen molar-refractivity contribution >= 4 is 33.1 Å².